The van der Waals surface area contributed by atoms with E-state index >= 15 is 0 Å². The van der Waals surface area contributed by atoms with E-state index < -0.39 is 11.9 Å². The molecule has 0 atom stereocenters. The van der Waals surface area contributed by atoms with Gasteiger partial charge in [-0.25, -0.2) is 9.78 Å². The molecule has 0 radical (unpaired) electrons. The first-order chi connectivity index (χ1) is 9.18. The van der Waals surface area contributed by atoms with Crippen molar-refractivity contribution in [2.75, 3.05) is 6.54 Å². The van der Waals surface area contributed by atoms with E-state index in [1.165, 1.54) is 12.1 Å². The highest BCUT2D eigenvalue weighted by Gasteiger charge is 2.14. The highest BCUT2D eigenvalue weighted by Crippen LogP contribution is 2.08. The fraction of sp³-hybridized carbons (Fsp3) is 0.154. The first-order valence-corrected chi connectivity index (χ1v) is 5.76. The number of hydrogen-bond acceptors (Lipinski definition) is 3. The average molecular weight is 259 g/mol. The molecule has 19 heavy (non-hydrogen) atoms. The Balaban J connectivity index is 1.98. The Morgan fingerprint density at radius 2 is 2.00 bits per heavy atom. The van der Waals surface area contributed by atoms with Gasteiger partial charge in [0.15, 0.2) is 0 Å². The summed E-state index contributed by atoms with van der Waals surface area (Å²) >= 11 is 0. The zero-order valence-electron chi connectivity index (χ0n) is 10.1. The lowest BCUT2D eigenvalue weighted by Gasteiger charge is -2.06. The molecule has 6 heteroatoms. The topological polar surface area (TPSA) is 95.1 Å². The van der Waals surface area contributed by atoms with Crippen molar-refractivity contribution in [2.24, 2.45) is 0 Å². The molecule has 0 unspecified atom stereocenters. The lowest BCUT2D eigenvalue weighted by atomic mass is 10.1. The van der Waals surface area contributed by atoms with Crippen LogP contribution in [0.25, 0.3) is 0 Å². The Labute approximate surface area is 109 Å². The maximum absolute atomic E-state index is 11.9. The molecule has 1 aromatic heterocycles. The van der Waals surface area contributed by atoms with Gasteiger partial charge in [0, 0.05) is 24.9 Å². The monoisotopic (exact) mass is 259 g/mol. The molecule has 1 amide bonds. The molecule has 3 N–H and O–H groups in total. The molecule has 0 bridgehead atoms. The van der Waals surface area contributed by atoms with E-state index in [1.54, 1.807) is 24.7 Å². The van der Waals surface area contributed by atoms with Crippen molar-refractivity contribution in [3.8, 4) is 0 Å². The van der Waals surface area contributed by atoms with Crippen molar-refractivity contribution >= 4 is 11.9 Å². The fourth-order valence-electron chi connectivity index (χ4n) is 1.69. The number of aromatic carboxylic acids is 1. The van der Waals surface area contributed by atoms with E-state index in [9.17, 15) is 9.59 Å². The van der Waals surface area contributed by atoms with Crippen LogP contribution >= 0.6 is 0 Å². The number of nitrogens with zero attached hydrogens (tertiary/aromatic N) is 1. The highest BCUT2D eigenvalue weighted by molar-refractivity contribution is 6.04. The molecule has 0 aliphatic rings. The van der Waals surface area contributed by atoms with Gasteiger partial charge in [-0.15, -0.1) is 0 Å². The molecule has 2 aromatic rings. The zero-order valence-corrected chi connectivity index (χ0v) is 10.1. The summed E-state index contributed by atoms with van der Waals surface area (Å²) in [5, 5.41) is 11.7. The summed E-state index contributed by atoms with van der Waals surface area (Å²) in [5.41, 5.74) is 1.08. The molecule has 6 nitrogen and oxygen atoms in total. The SMILES string of the molecule is O=C(O)c1ccccc1C(=O)NCCc1cnc[nH]1. The molecular weight excluding hydrogens is 246 g/mol. The van der Waals surface area contributed by atoms with Gasteiger partial charge < -0.3 is 15.4 Å². The van der Waals surface area contributed by atoms with Crippen molar-refractivity contribution in [3.05, 3.63) is 53.6 Å². The third kappa shape index (κ3) is 3.19. The number of aromatic amines is 1. The minimum absolute atomic E-state index is 0.00143. The zero-order chi connectivity index (χ0) is 13.7. The summed E-state index contributed by atoms with van der Waals surface area (Å²) in [4.78, 5) is 29.7. The molecule has 98 valence electrons. The number of benzene rings is 1. The van der Waals surface area contributed by atoms with Gasteiger partial charge in [0.2, 0.25) is 0 Å². The normalized spacial score (nSPS) is 10.1. The van der Waals surface area contributed by atoms with Crippen molar-refractivity contribution < 1.29 is 14.7 Å². The van der Waals surface area contributed by atoms with Crippen LogP contribution in [0.4, 0.5) is 0 Å². The molecule has 0 spiro atoms. The third-order valence-electron chi connectivity index (χ3n) is 2.64. The highest BCUT2D eigenvalue weighted by atomic mass is 16.4. The van der Waals surface area contributed by atoms with Crippen LogP contribution in [-0.2, 0) is 6.42 Å². The number of carbonyl (C=O) groups excluding carboxylic acids is 1. The third-order valence-corrected chi connectivity index (χ3v) is 2.64. The number of imidazole rings is 1. The van der Waals surface area contributed by atoms with Crippen LogP contribution in [0, 0.1) is 0 Å². The number of carboxylic acids is 1. The molecular formula is C13H13N3O3. The Kier molecular flexibility index (Phi) is 3.92. The summed E-state index contributed by atoms with van der Waals surface area (Å²) < 4.78 is 0. The van der Waals surface area contributed by atoms with Gasteiger partial charge >= 0.3 is 5.97 Å². The lowest BCUT2D eigenvalue weighted by molar-refractivity contribution is 0.0691. The Hall–Kier alpha value is -2.63. The number of H-pyrrole nitrogens is 1. The molecule has 1 heterocycles. The van der Waals surface area contributed by atoms with Crippen molar-refractivity contribution in [1.29, 1.82) is 0 Å². The number of amides is 1. The summed E-state index contributed by atoms with van der Waals surface area (Å²) in [6.45, 7) is 0.412. The number of nitrogens with one attached hydrogen (secondary N) is 2. The summed E-state index contributed by atoms with van der Waals surface area (Å²) in [7, 11) is 0. The lowest BCUT2D eigenvalue weighted by Crippen LogP contribution is -2.27. The van der Waals surface area contributed by atoms with Gasteiger partial charge in [-0.05, 0) is 12.1 Å². The van der Waals surface area contributed by atoms with Crippen molar-refractivity contribution in [2.45, 2.75) is 6.42 Å². The quantitative estimate of drug-likeness (QED) is 0.748. The standard InChI is InChI=1S/C13H13N3O3/c17-12(15-6-5-9-7-14-8-16-9)10-3-1-2-4-11(10)13(18)19/h1-4,7-8H,5-6H2,(H,14,16)(H,15,17)(H,18,19). The van der Waals surface area contributed by atoms with Gasteiger partial charge in [0.1, 0.15) is 0 Å². The van der Waals surface area contributed by atoms with Crippen LogP contribution in [0.1, 0.15) is 26.4 Å². The average Bonchev–Trinajstić information content (AvgIpc) is 2.91. The summed E-state index contributed by atoms with van der Waals surface area (Å²) in [6.07, 6.45) is 3.86. The molecule has 0 fully saturated rings. The van der Waals surface area contributed by atoms with Gasteiger partial charge in [0.25, 0.3) is 5.91 Å². The molecule has 0 saturated heterocycles. The summed E-state index contributed by atoms with van der Waals surface area (Å²) in [5.74, 6) is -1.50. The first-order valence-electron chi connectivity index (χ1n) is 5.76. The number of rotatable bonds is 5. The predicted octanol–water partition coefficient (Wildman–Crippen LogP) is 1.08. The van der Waals surface area contributed by atoms with Crippen molar-refractivity contribution in [3.63, 3.8) is 0 Å². The fourth-order valence-corrected chi connectivity index (χ4v) is 1.69. The number of carboxylic acid groups (broad SMARTS) is 1. The predicted molar refractivity (Wildman–Crippen MR) is 68.0 cm³/mol. The minimum Gasteiger partial charge on any atom is -0.478 e. The van der Waals surface area contributed by atoms with Crippen LogP contribution in [-0.4, -0.2) is 33.5 Å². The molecule has 1 aromatic carbocycles. The van der Waals surface area contributed by atoms with Gasteiger partial charge in [-0.1, -0.05) is 12.1 Å². The number of aromatic nitrogens is 2. The van der Waals surface area contributed by atoms with Crippen LogP contribution in [0.15, 0.2) is 36.8 Å². The van der Waals surface area contributed by atoms with Crippen molar-refractivity contribution in [1.82, 2.24) is 15.3 Å². The molecule has 0 aliphatic carbocycles. The largest absolute Gasteiger partial charge is 0.478 e. The van der Waals surface area contributed by atoms with Crippen LogP contribution < -0.4 is 5.32 Å². The number of hydrogen-bond donors (Lipinski definition) is 3. The second-order valence-electron chi connectivity index (χ2n) is 3.93. The van der Waals surface area contributed by atoms with E-state index in [-0.39, 0.29) is 11.1 Å². The molecule has 2 rings (SSSR count). The molecule has 0 saturated carbocycles. The Morgan fingerprint density at radius 3 is 2.63 bits per heavy atom. The number of carbonyl (C=O) groups is 2. The summed E-state index contributed by atoms with van der Waals surface area (Å²) in [6, 6.07) is 6.13. The van der Waals surface area contributed by atoms with Gasteiger partial charge in [-0.2, -0.15) is 0 Å². The van der Waals surface area contributed by atoms with E-state index in [4.69, 9.17) is 5.11 Å². The van der Waals surface area contributed by atoms with E-state index in [0.717, 1.165) is 5.69 Å². The van der Waals surface area contributed by atoms with E-state index in [2.05, 4.69) is 15.3 Å². The second kappa shape index (κ2) is 5.81. The van der Waals surface area contributed by atoms with Gasteiger partial charge in [0.05, 0.1) is 17.5 Å². The van der Waals surface area contributed by atoms with E-state index in [1.807, 2.05) is 0 Å². The smallest absolute Gasteiger partial charge is 0.336 e. The minimum atomic E-state index is -1.11. The van der Waals surface area contributed by atoms with Crippen LogP contribution in [0.3, 0.4) is 0 Å². The second-order valence-corrected chi connectivity index (χ2v) is 3.93. The maximum Gasteiger partial charge on any atom is 0.336 e. The molecule has 0 aliphatic heterocycles. The Bertz CT molecular complexity index is 579. The van der Waals surface area contributed by atoms with E-state index in [0.29, 0.717) is 13.0 Å². The van der Waals surface area contributed by atoms with Gasteiger partial charge in [-0.3, -0.25) is 4.79 Å². The van der Waals surface area contributed by atoms with Crippen LogP contribution in [0.2, 0.25) is 0 Å². The maximum atomic E-state index is 11.9. The first kappa shape index (κ1) is 12.8. The van der Waals surface area contributed by atoms with Crippen LogP contribution in [0.5, 0.6) is 0 Å². The Morgan fingerprint density at radius 1 is 1.26 bits per heavy atom.